The molecule has 0 saturated carbocycles. The summed E-state index contributed by atoms with van der Waals surface area (Å²) in [6.45, 7) is 1.85. The van der Waals surface area contributed by atoms with Crippen molar-refractivity contribution in [3.05, 3.63) is 56.6 Å². The Balaban J connectivity index is 2.23. The Bertz CT molecular complexity index is 714. The van der Waals surface area contributed by atoms with Crippen LogP contribution in [0.2, 0.25) is 0 Å². The Morgan fingerprint density at radius 3 is 2.71 bits per heavy atom. The van der Waals surface area contributed by atoms with E-state index in [1.54, 1.807) is 6.20 Å². The molecule has 0 aliphatic carbocycles. The van der Waals surface area contributed by atoms with Crippen LogP contribution in [0.1, 0.15) is 11.1 Å². The molecule has 108 valence electrons. The summed E-state index contributed by atoms with van der Waals surface area (Å²) in [5, 5.41) is 8.61. The Morgan fingerprint density at radius 2 is 2.10 bits per heavy atom. The van der Waals surface area contributed by atoms with Gasteiger partial charge in [0, 0.05) is 22.3 Å². The van der Waals surface area contributed by atoms with E-state index < -0.39 is 5.97 Å². The fraction of sp³-hybridized carbons (Fsp3) is 0.0667. The molecule has 0 atom stereocenters. The molecule has 1 heterocycles. The number of ether oxygens (including phenoxy) is 1. The van der Waals surface area contributed by atoms with Crippen molar-refractivity contribution in [2.24, 2.45) is 0 Å². The van der Waals surface area contributed by atoms with Crippen LogP contribution in [0.15, 0.2) is 45.5 Å². The summed E-state index contributed by atoms with van der Waals surface area (Å²) in [5.41, 5.74) is 1.52. The van der Waals surface area contributed by atoms with Gasteiger partial charge in [0.2, 0.25) is 5.88 Å². The summed E-state index contributed by atoms with van der Waals surface area (Å²) in [6, 6.07) is 7.40. The van der Waals surface area contributed by atoms with Crippen LogP contribution in [0.5, 0.6) is 11.6 Å². The highest BCUT2D eigenvalue weighted by molar-refractivity contribution is 9.11. The van der Waals surface area contributed by atoms with Gasteiger partial charge in [0.25, 0.3) is 0 Å². The number of halogens is 2. The number of carbonyl (C=O) groups is 1. The lowest BCUT2D eigenvalue weighted by Crippen LogP contribution is -1.93. The monoisotopic (exact) mass is 411 g/mol. The van der Waals surface area contributed by atoms with Gasteiger partial charge in [0.15, 0.2) is 0 Å². The Hall–Kier alpha value is -1.66. The molecule has 1 aromatic heterocycles. The molecule has 6 heteroatoms. The largest absolute Gasteiger partial charge is 0.478 e. The summed E-state index contributed by atoms with van der Waals surface area (Å²) in [6.07, 6.45) is 4.12. The van der Waals surface area contributed by atoms with Gasteiger partial charge < -0.3 is 9.84 Å². The van der Waals surface area contributed by atoms with Crippen LogP contribution in [-0.2, 0) is 4.79 Å². The molecule has 0 aliphatic heterocycles. The second-order valence-corrected chi connectivity index (χ2v) is 6.01. The Labute approximate surface area is 138 Å². The van der Waals surface area contributed by atoms with Gasteiger partial charge in [0.1, 0.15) is 5.75 Å². The fourth-order valence-electron chi connectivity index (χ4n) is 1.61. The van der Waals surface area contributed by atoms with Gasteiger partial charge in [-0.15, -0.1) is 0 Å². The minimum atomic E-state index is -0.994. The zero-order valence-electron chi connectivity index (χ0n) is 11.0. The van der Waals surface area contributed by atoms with Gasteiger partial charge in [-0.2, -0.15) is 0 Å². The lowest BCUT2D eigenvalue weighted by atomic mass is 10.2. The normalized spacial score (nSPS) is 10.8. The molecule has 0 fully saturated rings. The van der Waals surface area contributed by atoms with Gasteiger partial charge in [-0.1, -0.05) is 15.9 Å². The maximum absolute atomic E-state index is 10.5. The van der Waals surface area contributed by atoms with Crippen molar-refractivity contribution in [3.63, 3.8) is 0 Å². The van der Waals surface area contributed by atoms with E-state index in [0.29, 0.717) is 17.2 Å². The lowest BCUT2D eigenvalue weighted by Gasteiger charge is -2.09. The first-order valence-corrected chi connectivity index (χ1v) is 7.55. The van der Waals surface area contributed by atoms with Crippen molar-refractivity contribution in [3.8, 4) is 11.6 Å². The predicted octanol–water partition coefficient (Wildman–Crippen LogP) is 4.81. The third-order valence-corrected chi connectivity index (χ3v) is 3.68. The first-order chi connectivity index (χ1) is 9.95. The number of aromatic nitrogens is 1. The SMILES string of the molecule is Cc1cc(/C=C/C(=O)O)cnc1Oc1ccc(Br)cc1Br. The number of hydrogen-bond acceptors (Lipinski definition) is 3. The van der Waals surface area contributed by atoms with E-state index in [9.17, 15) is 4.79 Å². The highest BCUT2D eigenvalue weighted by Gasteiger charge is 2.07. The number of nitrogens with zero attached hydrogens (tertiary/aromatic N) is 1. The van der Waals surface area contributed by atoms with E-state index in [4.69, 9.17) is 9.84 Å². The summed E-state index contributed by atoms with van der Waals surface area (Å²) in [4.78, 5) is 14.7. The molecule has 2 rings (SSSR count). The fourth-order valence-corrected chi connectivity index (χ4v) is 2.74. The number of carboxylic acid groups (broad SMARTS) is 1. The van der Waals surface area contributed by atoms with Crippen molar-refractivity contribution >= 4 is 43.9 Å². The quantitative estimate of drug-likeness (QED) is 0.732. The molecule has 0 amide bonds. The van der Waals surface area contributed by atoms with Gasteiger partial charge in [-0.05, 0) is 58.8 Å². The molecule has 2 aromatic rings. The molecule has 0 spiro atoms. The van der Waals surface area contributed by atoms with Crippen LogP contribution in [0.25, 0.3) is 6.08 Å². The first kappa shape index (κ1) is 15.7. The zero-order valence-corrected chi connectivity index (χ0v) is 14.2. The Morgan fingerprint density at radius 1 is 1.33 bits per heavy atom. The lowest BCUT2D eigenvalue weighted by molar-refractivity contribution is -0.131. The second kappa shape index (κ2) is 6.87. The summed E-state index contributed by atoms with van der Waals surface area (Å²) >= 11 is 6.80. The van der Waals surface area contributed by atoms with E-state index in [0.717, 1.165) is 20.6 Å². The third kappa shape index (κ3) is 4.41. The molecule has 0 radical (unpaired) electrons. The number of pyridine rings is 1. The average molecular weight is 413 g/mol. The predicted molar refractivity (Wildman–Crippen MR) is 87.6 cm³/mol. The molecule has 1 N–H and O–H groups in total. The molecular formula is C15H11Br2NO3. The summed E-state index contributed by atoms with van der Waals surface area (Å²) in [5.74, 6) is 0.139. The molecule has 0 saturated heterocycles. The molecule has 0 aliphatic rings. The molecular weight excluding hydrogens is 402 g/mol. The van der Waals surface area contributed by atoms with E-state index in [1.165, 1.54) is 6.08 Å². The van der Waals surface area contributed by atoms with Crippen LogP contribution in [0.4, 0.5) is 0 Å². The van der Waals surface area contributed by atoms with E-state index >= 15 is 0 Å². The summed E-state index contributed by atoms with van der Waals surface area (Å²) in [7, 11) is 0. The smallest absolute Gasteiger partial charge is 0.328 e. The third-order valence-electron chi connectivity index (χ3n) is 2.57. The number of benzene rings is 1. The van der Waals surface area contributed by atoms with Crippen LogP contribution in [-0.4, -0.2) is 16.1 Å². The van der Waals surface area contributed by atoms with Crippen LogP contribution in [0.3, 0.4) is 0 Å². The maximum atomic E-state index is 10.5. The highest BCUT2D eigenvalue weighted by atomic mass is 79.9. The van der Waals surface area contributed by atoms with Crippen molar-refractivity contribution in [2.45, 2.75) is 6.92 Å². The van der Waals surface area contributed by atoms with Crippen LogP contribution < -0.4 is 4.74 Å². The van der Waals surface area contributed by atoms with Crippen LogP contribution >= 0.6 is 31.9 Å². The minimum absolute atomic E-state index is 0.477. The zero-order chi connectivity index (χ0) is 15.4. The summed E-state index contributed by atoms with van der Waals surface area (Å²) < 4.78 is 7.51. The number of hydrogen-bond donors (Lipinski definition) is 1. The molecule has 0 bridgehead atoms. The van der Waals surface area contributed by atoms with Gasteiger partial charge in [-0.25, -0.2) is 9.78 Å². The first-order valence-electron chi connectivity index (χ1n) is 5.96. The average Bonchev–Trinajstić information content (AvgIpc) is 2.42. The van der Waals surface area contributed by atoms with Gasteiger partial charge in [0.05, 0.1) is 4.47 Å². The number of carboxylic acids is 1. The van der Waals surface area contributed by atoms with E-state index in [1.807, 2.05) is 31.2 Å². The topological polar surface area (TPSA) is 59.4 Å². The molecule has 0 unspecified atom stereocenters. The van der Waals surface area contributed by atoms with Crippen molar-refractivity contribution in [1.29, 1.82) is 0 Å². The standard InChI is InChI=1S/C15H11Br2NO3/c1-9-6-10(2-5-14(19)20)8-18-15(9)21-13-4-3-11(16)7-12(13)17/h2-8H,1H3,(H,19,20)/b5-2+. The maximum Gasteiger partial charge on any atom is 0.328 e. The van der Waals surface area contributed by atoms with Crippen molar-refractivity contribution < 1.29 is 14.6 Å². The second-order valence-electron chi connectivity index (χ2n) is 4.24. The van der Waals surface area contributed by atoms with Gasteiger partial charge in [-0.3, -0.25) is 0 Å². The molecule has 21 heavy (non-hydrogen) atoms. The molecule has 4 nitrogen and oxygen atoms in total. The minimum Gasteiger partial charge on any atom is -0.478 e. The number of aliphatic carboxylic acids is 1. The van der Waals surface area contributed by atoms with E-state index in [-0.39, 0.29) is 0 Å². The number of rotatable bonds is 4. The van der Waals surface area contributed by atoms with Crippen molar-refractivity contribution in [2.75, 3.05) is 0 Å². The molecule has 1 aromatic carbocycles. The van der Waals surface area contributed by atoms with Crippen LogP contribution in [0, 0.1) is 6.92 Å². The van der Waals surface area contributed by atoms with E-state index in [2.05, 4.69) is 36.8 Å². The number of aryl methyl sites for hydroxylation is 1. The Kier molecular flexibility index (Phi) is 5.14. The van der Waals surface area contributed by atoms with Crippen molar-refractivity contribution in [1.82, 2.24) is 4.98 Å². The van der Waals surface area contributed by atoms with Gasteiger partial charge >= 0.3 is 5.97 Å². The highest BCUT2D eigenvalue weighted by Crippen LogP contribution is 2.32.